The highest BCUT2D eigenvalue weighted by atomic mass is 16.5. The predicted octanol–water partition coefficient (Wildman–Crippen LogP) is 5.41. The minimum Gasteiger partial charge on any atom is -0.497 e. The van der Waals surface area contributed by atoms with Gasteiger partial charge in [0, 0.05) is 18.2 Å². The molecular formula is C28H32N2O3. The smallest absolute Gasteiger partial charge is 0.255 e. The Balaban J connectivity index is 1.28. The van der Waals surface area contributed by atoms with Crippen molar-refractivity contribution >= 4 is 11.6 Å². The second-order valence-electron chi connectivity index (χ2n) is 8.63. The van der Waals surface area contributed by atoms with Crippen molar-refractivity contribution < 1.29 is 14.3 Å². The lowest BCUT2D eigenvalue weighted by Crippen LogP contribution is -2.33. The molecule has 3 aromatic rings. The summed E-state index contributed by atoms with van der Waals surface area (Å²) >= 11 is 0. The van der Waals surface area contributed by atoms with E-state index in [2.05, 4.69) is 52.7 Å². The molecule has 1 aliphatic heterocycles. The summed E-state index contributed by atoms with van der Waals surface area (Å²) in [6, 6.07) is 24.0. The topological polar surface area (TPSA) is 50.8 Å². The van der Waals surface area contributed by atoms with Crippen molar-refractivity contribution in [1.29, 1.82) is 0 Å². The predicted molar refractivity (Wildman–Crippen MR) is 132 cm³/mol. The summed E-state index contributed by atoms with van der Waals surface area (Å²) in [5.41, 5.74) is 3.91. The molecule has 0 atom stereocenters. The number of benzene rings is 3. The summed E-state index contributed by atoms with van der Waals surface area (Å²) in [6.07, 6.45) is 3.65. The highest BCUT2D eigenvalue weighted by Crippen LogP contribution is 2.29. The fourth-order valence-electron chi connectivity index (χ4n) is 4.41. The molecule has 0 aliphatic carbocycles. The van der Waals surface area contributed by atoms with Crippen LogP contribution in [0.1, 0.15) is 34.3 Å². The Labute approximate surface area is 196 Å². The van der Waals surface area contributed by atoms with E-state index in [9.17, 15) is 4.79 Å². The zero-order valence-electron chi connectivity index (χ0n) is 19.4. The molecule has 0 unspecified atom stereocenters. The summed E-state index contributed by atoms with van der Waals surface area (Å²) < 4.78 is 10.6. The van der Waals surface area contributed by atoms with E-state index in [0.29, 0.717) is 22.7 Å². The fraction of sp³-hybridized carbons (Fsp3) is 0.321. The lowest BCUT2D eigenvalue weighted by atomic mass is 9.90. The van der Waals surface area contributed by atoms with Gasteiger partial charge in [-0.3, -0.25) is 9.69 Å². The number of piperidine rings is 1. The van der Waals surface area contributed by atoms with Crippen LogP contribution in [0.4, 0.5) is 5.69 Å². The molecule has 0 spiro atoms. The van der Waals surface area contributed by atoms with Gasteiger partial charge in [0.05, 0.1) is 19.9 Å². The van der Waals surface area contributed by atoms with Crippen LogP contribution >= 0.6 is 0 Å². The molecule has 5 nitrogen and oxygen atoms in total. The molecular weight excluding hydrogens is 412 g/mol. The lowest BCUT2D eigenvalue weighted by Gasteiger charge is -2.32. The number of ether oxygens (including phenoxy) is 2. The Hall–Kier alpha value is -3.31. The van der Waals surface area contributed by atoms with Crippen molar-refractivity contribution in [2.45, 2.75) is 25.8 Å². The summed E-state index contributed by atoms with van der Waals surface area (Å²) in [6.45, 7) is 3.17. The highest BCUT2D eigenvalue weighted by Gasteiger charge is 2.19. The van der Waals surface area contributed by atoms with Crippen molar-refractivity contribution in [2.75, 3.05) is 32.6 Å². The van der Waals surface area contributed by atoms with E-state index in [0.717, 1.165) is 25.6 Å². The van der Waals surface area contributed by atoms with Gasteiger partial charge in [0.25, 0.3) is 5.91 Å². The summed E-state index contributed by atoms with van der Waals surface area (Å²) in [5, 5.41) is 2.92. The number of methoxy groups -OCH3 is 2. The standard InChI is InChI=1S/C28H32N2O3/c1-32-25-12-13-26(27(19-25)33-2)29-28(31)24-10-8-23(9-11-24)20-30-16-14-22(15-17-30)18-21-6-4-3-5-7-21/h3-13,19,22H,14-18,20H2,1-2H3,(H,29,31). The SMILES string of the molecule is COc1ccc(NC(=O)c2ccc(CN3CCC(Cc4ccccc4)CC3)cc2)c(OC)c1. The van der Waals surface area contributed by atoms with E-state index < -0.39 is 0 Å². The van der Waals surface area contributed by atoms with Crippen molar-refractivity contribution in [3.05, 3.63) is 89.5 Å². The van der Waals surface area contributed by atoms with Crippen LogP contribution in [0.25, 0.3) is 0 Å². The number of anilines is 1. The van der Waals surface area contributed by atoms with E-state index in [1.165, 1.54) is 30.4 Å². The lowest BCUT2D eigenvalue weighted by molar-refractivity contribution is 0.102. The first-order chi connectivity index (χ1) is 16.1. The van der Waals surface area contributed by atoms with Gasteiger partial charge in [0.15, 0.2) is 0 Å². The van der Waals surface area contributed by atoms with Crippen molar-refractivity contribution in [3.63, 3.8) is 0 Å². The van der Waals surface area contributed by atoms with Crippen LogP contribution in [-0.4, -0.2) is 38.1 Å². The van der Waals surface area contributed by atoms with E-state index >= 15 is 0 Å². The molecule has 5 heteroatoms. The second kappa shape index (κ2) is 11.0. The summed E-state index contributed by atoms with van der Waals surface area (Å²) in [5.74, 6) is 1.85. The molecule has 0 aromatic heterocycles. The summed E-state index contributed by atoms with van der Waals surface area (Å²) in [4.78, 5) is 15.2. The minimum absolute atomic E-state index is 0.160. The van der Waals surface area contributed by atoms with Crippen LogP contribution in [0, 0.1) is 5.92 Å². The maximum atomic E-state index is 12.7. The van der Waals surface area contributed by atoms with Crippen molar-refractivity contribution in [1.82, 2.24) is 4.90 Å². The molecule has 4 rings (SSSR count). The largest absolute Gasteiger partial charge is 0.497 e. The van der Waals surface area contributed by atoms with Gasteiger partial charge in [-0.2, -0.15) is 0 Å². The van der Waals surface area contributed by atoms with Crippen LogP contribution in [-0.2, 0) is 13.0 Å². The number of carbonyl (C=O) groups is 1. The molecule has 1 heterocycles. The third-order valence-electron chi connectivity index (χ3n) is 6.35. The second-order valence-corrected chi connectivity index (χ2v) is 8.63. The normalized spacial score (nSPS) is 14.6. The van der Waals surface area contributed by atoms with Crippen LogP contribution in [0.5, 0.6) is 11.5 Å². The molecule has 3 aromatic carbocycles. The maximum absolute atomic E-state index is 12.7. The number of carbonyl (C=O) groups excluding carboxylic acids is 1. The van der Waals surface area contributed by atoms with Crippen molar-refractivity contribution in [2.24, 2.45) is 5.92 Å². The van der Waals surface area contributed by atoms with Gasteiger partial charge in [-0.15, -0.1) is 0 Å². The van der Waals surface area contributed by atoms with Crippen LogP contribution in [0.2, 0.25) is 0 Å². The minimum atomic E-state index is -0.160. The van der Waals surface area contributed by atoms with E-state index in [-0.39, 0.29) is 5.91 Å². The number of hydrogen-bond acceptors (Lipinski definition) is 4. The molecule has 1 N–H and O–H groups in total. The molecule has 33 heavy (non-hydrogen) atoms. The number of likely N-dealkylation sites (tertiary alicyclic amines) is 1. The van der Waals surface area contributed by atoms with Crippen LogP contribution < -0.4 is 14.8 Å². The third-order valence-corrected chi connectivity index (χ3v) is 6.35. The molecule has 1 amide bonds. The first-order valence-electron chi connectivity index (χ1n) is 11.5. The number of amides is 1. The van der Waals surface area contributed by atoms with Gasteiger partial charge in [-0.1, -0.05) is 42.5 Å². The molecule has 1 fully saturated rings. The molecule has 1 aliphatic rings. The molecule has 0 saturated carbocycles. The molecule has 0 bridgehead atoms. The Kier molecular flexibility index (Phi) is 7.63. The van der Waals surface area contributed by atoms with Gasteiger partial charge in [-0.05, 0) is 73.7 Å². The quantitative estimate of drug-likeness (QED) is 0.505. The first kappa shape index (κ1) is 22.9. The number of nitrogens with zero attached hydrogens (tertiary/aromatic N) is 1. The Bertz CT molecular complexity index is 1040. The van der Waals surface area contributed by atoms with Gasteiger partial charge in [0.1, 0.15) is 11.5 Å². The van der Waals surface area contributed by atoms with E-state index in [4.69, 9.17) is 9.47 Å². The Morgan fingerprint density at radius 1 is 0.909 bits per heavy atom. The third kappa shape index (κ3) is 6.14. The molecule has 0 radical (unpaired) electrons. The average molecular weight is 445 g/mol. The zero-order chi connectivity index (χ0) is 23.0. The van der Waals surface area contributed by atoms with Gasteiger partial charge < -0.3 is 14.8 Å². The maximum Gasteiger partial charge on any atom is 0.255 e. The van der Waals surface area contributed by atoms with E-state index in [1.54, 1.807) is 32.4 Å². The average Bonchev–Trinajstić information content (AvgIpc) is 2.86. The number of hydrogen-bond donors (Lipinski definition) is 1. The van der Waals surface area contributed by atoms with Crippen LogP contribution in [0.3, 0.4) is 0 Å². The Morgan fingerprint density at radius 2 is 1.64 bits per heavy atom. The zero-order valence-corrected chi connectivity index (χ0v) is 19.4. The van der Waals surface area contributed by atoms with Gasteiger partial charge >= 0.3 is 0 Å². The Morgan fingerprint density at radius 3 is 2.30 bits per heavy atom. The fourth-order valence-corrected chi connectivity index (χ4v) is 4.41. The molecule has 1 saturated heterocycles. The van der Waals surface area contributed by atoms with Gasteiger partial charge in [0.2, 0.25) is 0 Å². The van der Waals surface area contributed by atoms with Gasteiger partial charge in [-0.25, -0.2) is 0 Å². The summed E-state index contributed by atoms with van der Waals surface area (Å²) in [7, 11) is 3.17. The monoisotopic (exact) mass is 444 g/mol. The first-order valence-corrected chi connectivity index (χ1v) is 11.5. The molecule has 172 valence electrons. The van der Waals surface area contributed by atoms with Crippen molar-refractivity contribution in [3.8, 4) is 11.5 Å². The highest BCUT2D eigenvalue weighted by molar-refractivity contribution is 6.05. The van der Waals surface area contributed by atoms with E-state index in [1.807, 2.05) is 12.1 Å². The number of rotatable bonds is 8. The number of nitrogens with one attached hydrogen (secondary N) is 1. The van der Waals surface area contributed by atoms with Crippen LogP contribution in [0.15, 0.2) is 72.8 Å².